The van der Waals surface area contributed by atoms with Crippen LogP contribution in [0.1, 0.15) is 18.2 Å². The molecule has 2 aromatic rings. The number of thioether (sulfide) groups is 1. The second-order valence-corrected chi connectivity index (χ2v) is 6.26. The summed E-state index contributed by atoms with van der Waals surface area (Å²) in [6.07, 6.45) is 0. The van der Waals surface area contributed by atoms with E-state index in [4.69, 9.17) is 0 Å². The Hall–Kier alpha value is -1.48. The molecule has 0 aliphatic heterocycles. The Labute approximate surface area is 119 Å². The van der Waals surface area contributed by atoms with E-state index in [0.717, 1.165) is 17.3 Å². The summed E-state index contributed by atoms with van der Waals surface area (Å²) in [5.74, 6) is 0. The Morgan fingerprint density at radius 3 is 2.58 bits per heavy atom. The van der Waals surface area contributed by atoms with Crippen LogP contribution in [0.25, 0.3) is 0 Å². The Balaban J connectivity index is 1.89. The third-order valence-electron chi connectivity index (χ3n) is 2.76. The maximum atomic E-state index is 4.56. The van der Waals surface area contributed by atoms with Crippen LogP contribution in [-0.2, 0) is 0 Å². The standard InChI is InChI=1S/C16H20N2S/c1-12-9-13(2)18-16(10-12)19-14(3)11-17-15-7-5-4-6-8-15/h4-10,14,17H,11H2,1-3H3. The van der Waals surface area contributed by atoms with E-state index < -0.39 is 0 Å². The molecule has 0 radical (unpaired) electrons. The van der Waals surface area contributed by atoms with Gasteiger partial charge in [-0.3, -0.25) is 0 Å². The molecule has 1 aromatic heterocycles. The zero-order chi connectivity index (χ0) is 13.7. The van der Waals surface area contributed by atoms with Crippen LogP contribution in [0.3, 0.4) is 0 Å². The van der Waals surface area contributed by atoms with Gasteiger partial charge in [-0.1, -0.05) is 25.1 Å². The van der Waals surface area contributed by atoms with Crippen molar-refractivity contribution < 1.29 is 0 Å². The van der Waals surface area contributed by atoms with Gasteiger partial charge < -0.3 is 5.32 Å². The summed E-state index contributed by atoms with van der Waals surface area (Å²) < 4.78 is 0. The molecule has 2 nitrogen and oxygen atoms in total. The highest BCUT2D eigenvalue weighted by atomic mass is 32.2. The van der Waals surface area contributed by atoms with Crippen LogP contribution in [0, 0.1) is 13.8 Å². The summed E-state index contributed by atoms with van der Waals surface area (Å²) in [5, 5.41) is 5.04. The first-order valence-corrected chi connectivity index (χ1v) is 7.42. The van der Waals surface area contributed by atoms with Crippen LogP contribution in [0.5, 0.6) is 0 Å². The molecule has 0 bridgehead atoms. The van der Waals surface area contributed by atoms with Gasteiger partial charge in [-0.15, -0.1) is 11.8 Å². The van der Waals surface area contributed by atoms with Crippen molar-refractivity contribution in [2.24, 2.45) is 0 Å². The maximum absolute atomic E-state index is 4.56. The molecular formula is C16H20N2S. The van der Waals surface area contributed by atoms with Gasteiger partial charge in [-0.25, -0.2) is 4.98 Å². The average Bonchev–Trinajstić information content (AvgIpc) is 2.36. The lowest BCUT2D eigenvalue weighted by atomic mass is 10.3. The van der Waals surface area contributed by atoms with Gasteiger partial charge in [0.05, 0.1) is 5.03 Å². The van der Waals surface area contributed by atoms with Gasteiger partial charge in [0.1, 0.15) is 0 Å². The molecule has 0 aliphatic rings. The first-order chi connectivity index (χ1) is 9.13. The van der Waals surface area contributed by atoms with Crippen LogP contribution < -0.4 is 5.32 Å². The predicted octanol–water partition coefficient (Wildman–Crippen LogP) is 4.29. The highest BCUT2D eigenvalue weighted by Gasteiger charge is 2.06. The summed E-state index contributed by atoms with van der Waals surface area (Å²) in [6, 6.07) is 14.6. The molecule has 1 heterocycles. The predicted molar refractivity (Wildman–Crippen MR) is 84.0 cm³/mol. The number of benzene rings is 1. The quantitative estimate of drug-likeness (QED) is 0.822. The van der Waals surface area contributed by atoms with Crippen molar-refractivity contribution in [1.29, 1.82) is 0 Å². The highest BCUT2D eigenvalue weighted by molar-refractivity contribution is 7.99. The zero-order valence-corrected chi connectivity index (χ0v) is 12.5. The third-order valence-corrected chi connectivity index (χ3v) is 3.78. The number of hydrogen-bond acceptors (Lipinski definition) is 3. The lowest BCUT2D eigenvalue weighted by Gasteiger charge is -2.13. The van der Waals surface area contributed by atoms with Gasteiger partial charge in [-0.2, -0.15) is 0 Å². The van der Waals surface area contributed by atoms with Crippen molar-refractivity contribution in [2.45, 2.75) is 31.0 Å². The number of anilines is 1. The largest absolute Gasteiger partial charge is 0.384 e. The third kappa shape index (κ3) is 4.60. The summed E-state index contributed by atoms with van der Waals surface area (Å²) in [5.41, 5.74) is 3.53. The normalized spacial score (nSPS) is 12.2. The number of nitrogens with one attached hydrogen (secondary N) is 1. The Morgan fingerprint density at radius 1 is 1.16 bits per heavy atom. The second kappa shape index (κ2) is 6.62. The van der Waals surface area contributed by atoms with Crippen molar-refractivity contribution in [3.05, 3.63) is 53.7 Å². The van der Waals surface area contributed by atoms with Gasteiger partial charge in [-0.05, 0) is 43.7 Å². The summed E-state index contributed by atoms with van der Waals surface area (Å²) >= 11 is 1.82. The van der Waals surface area contributed by atoms with E-state index in [0.29, 0.717) is 5.25 Å². The van der Waals surface area contributed by atoms with E-state index in [2.05, 4.69) is 48.4 Å². The van der Waals surface area contributed by atoms with E-state index in [1.54, 1.807) is 0 Å². The molecule has 0 aliphatic carbocycles. The van der Waals surface area contributed by atoms with Crippen molar-refractivity contribution in [3.8, 4) is 0 Å². The fourth-order valence-corrected chi connectivity index (χ4v) is 2.96. The molecule has 3 heteroatoms. The molecule has 2 rings (SSSR count). The summed E-state index contributed by atoms with van der Waals surface area (Å²) in [6.45, 7) is 7.32. The van der Waals surface area contributed by atoms with Crippen molar-refractivity contribution >= 4 is 17.4 Å². The van der Waals surface area contributed by atoms with Crippen LogP contribution in [0.2, 0.25) is 0 Å². The molecule has 0 saturated carbocycles. The Bertz CT molecular complexity index is 505. The smallest absolute Gasteiger partial charge is 0.0968 e. The van der Waals surface area contributed by atoms with Crippen molar-refractivity contribution in [1.82, 2.24) is 4.98 Å². The number of para-hydroxylation sites is 1. The van der Waals surface area contributed by atoms with Crippen molar-refractivity contribution in [2.75, 3.05) is 11.9 Å². The van der Waals surface area contributed by atoms with E-state index in [1.165, 1.54) is 11.3 Å². The molecule has 1 aromatic carbocycles. The van der Waals surface area contributed by atoms with Gasteiger partial charge >= 0.3 is 0 Å². The lowest BCUT2D eigenvalue weighted by Crippen LogP contribution is -2.13. The molecular weight excluding hydrogens is 252 g/mol. The number of aryl methyl sites for hydroxylation is 2. The van der Waals surface area contributed by atoms with Crippen LogP contribution in [0.15, 0.2) is 47.5 Å². The van der Waals surface area contributed by atoms with Crippen molar-refractivity contribution in [3.63, 3.8) is 0 Å². The highest BCUT2D eigenvalue weighted by Crippen LogP contribution is 2.23. The topological polar surface area (TPSA) is 24.9 Å². The lowest BCUT2D eigenvalue weighted by molar-refractivity contribution is 0.978. The number of nitrogens with zero attached hydrogens (tertiary/aromatic N) is 1. The van der Waals surface area contributed by atoms with E-state index in [1.807, 2.05) is 36.9 Å². The number of pyridine rings is 1. The number of hydrogen-bond donors (Lipinski definition) is 1. The fraction of sp³-hybridized carbons (Fsp3) is 0.312. The average molecular weight is 272 g/mol. The minimum Gasteiger partial charge on any atom is -0.384 e. The molecule has 100 valence electrons. The van der Waals surface area contributed by atoms with E-state index in [-0.39, 0.29) is 0 Å². The van der Waals surface area contributed by atoms with Crippen LogP contribution in [-0.4, -0.2) is 16.8 Å². The first kappa shape index (κ1) is 13.9. The molecule has 1 atom stereocenters. The Morgan fingerprint density at radius 2 is 1.89 bits per heavy atom. The van der Waals surface area contributed by atoms with Crippen LogP contribution in [0.4, 0.5) is 5.69 Å². The minimum atomic E-state index is 0.480. The first-order valence-electron chi connectivity index (χ1n) is 6.54. The summed E-state index contributed by atoms with van der Waals surface area (Å²) in [7, 11) is 0. The molecule has 1 N–H and O–H groups in total. The monoisotopic (exact) mass is 272 g/mol. The van der Waals surface area contributed by atoms with Crippen LogP contribution >= 0.6 is 11.8 Å². The molecule has 19 heavy (non-hydrogen) atoms. The molecule has 0 saturated heterocycles. The van der Waals surface area contributed by atoms with E-state index >= 15 is 0 Å². The second-order valence-electron chi connectivity index (χ2n) is 4.80. The van der Waals surface area contributed by atoms with Gasteiger partial charge in [0.2, 0.25) is 0 Å². The number of rotatable bonds is 5. The van der Waals surface area contributed by atoms with E-state index in [9.17, 15) is 0 Å². The Kier molecular flexibility index (Phi) is 4.86. The van der Waals surface area contributed by atoms with Gasteiger partial charge in [0, 0.05) is 23.2 Å². The molecule has 0 amide bonds. The maximum Gasteiger partial charge on any atom is 0.0968 e. The SMILES string of the molecule is Cc1cc(C)nc(SC(C)CNc2ccccc2)c1. The fourth-order valence-electron chi connectivity index (χ4n) is 1.93. The molecule has 1 unspecified atom stereocenters. The molecule has 0 fully saturated rings. The summed E-state index contributed by atoms with van der Waals surface area (Å²) in [4.78, 5) is 4.56. The zero-order valence-electron chi connectivity index (χ0n) is 11.7. The molecule has 0 spiro atoms. The van der Waals surface area contributed by atoms with Gasteiger partial charge in [0.25, 0.3) is 0 Å². The minimum absolute atomic E-state index is 0.480. The number of aromatic nitrogens is 1. The van der Waals surface area contributed by atoms with Gasteiger partial charge in [0.15, 0.2) is 0 Å².